The lowest BCUT2D eigenvalue weighted by Gasteiger charge is -2.35. The standard InChI is InChI=1S/C12H26N2O/c1-3-14(9-11(10-15)13-2)12-7-5-4-6-8-12/h11-13,15H,3-10H2,1-2H3. The minimum absolute atomic E-state index is 0.229. The van der Waals surface area contributed by atoms with Crippen LogP contribution < -0.4 is 5.32 Å². The van der Waals surface area contributed by atoms with Crippen molar-refractivity contribution in [1.82, 2.24) is 10.2 Å². The van der Waals surface area contributed by atoms with Gasteiger partial charge in [-0.05, 0) is 26.4 Å². The highest BCUT2D eigenvalue weighted by atomic mass is 16.3. The fourth-order valence-corrected chi connectivity index (χ4v) is 2.51. The van der Waals surface area contributed by atoms with Gasteiger partial charge in [-0.3, -0.25) is 4.90 Å². The minimum atomic E-state index is 0.229. The first kappa shape index (κ1) is 12.9. The first-order valence-corrected chi connectivity index (χ1v) is 6.34. The first-order chi connectivity index (χ1) is 7.31. The Hall–Kier alpha value is -0.120. The van der Waals surface area contributed by atoms with Crippen LogP contribution in [-0.4, -0.2) is 48.8 Å². The zero-order chi connectivity index (χ0) is 11.1. The van der Waals surface area contributed by atoms with E-state index in [1.54, 1.807) is 0 Å². The molecule has 3 heteroatoms. The maximum Gasteiger partial charge on any atom is 0.0597 e. The Labute approximate surface area is 93.9 Å². The van der Waals surface area contributed by atoms with E-state index < -0.39 is 0 Å². The van der Waals surface area contributed by atoms with Crippen molar-refractivity contribution in [2.75, 3.05) is 26.7 Å². The van der Waals surface area contributed by atoms with E-state index in [9.17, 15) is 5.11 Å². The van der Waals surface area contributed by atoms with Crippen LogP contribution >= 0.6 is 0 Å². The molecule has 1 fully saturated rings. The van der Waals surface area contributed by atoms with Gasteiger partial charge in [0.2, 0.25) is 0 Å². The summed E-state index contributed by atoms with van der Waals surface area (Å²) in [7, 11) is 1.93. The molecule has 0 aromatic rings. The Morgan fingerprint density at radius 3 is 2.47 bits per heavy atom. The van der Waals surface area contributed by atoms with Crippen molar-refractivity contribution >= 4 is 0 Å². The van der Waals surface area contributed by atoms with Crippen LogP contribution in [0.1, 0.15) is 39.0 Å². The van der Waals surface area contributed by atoms with Gasteiger partial charge in [0.05, 0.1) is 6.61 Å². The highest BCUT2D eigenvalue weighted by Gasteiger charge is 2.21. The largest absolute Gasteiger partial charge is 0.395 e. The van der Waals surface area contributed by atoms with E-state index in [1.165, 1.54) is 32.1 Å². The molecular weight excluding hydrogens is 188 g/mol. The Kier molecular flexibility index (Phi) is 6.22. The predicted octanol–water partition coefficient (Wildman–Crippen LogP) is 1.22. The van der Waals surface area contributed by atoms with Gasteiger partial charge in [0.15, 0.2) is 0 Å². The highest BCUT2D eigenvalue weighted by Crippen LogP contribution is 2.22. The third kappa shape index (κ3) is 4.09. The quantitative estimate of drug-likeness (QED) is 0.698. The molecule has 0 bridgehead atoms. The molecule has 1 aliphatic rings. The van der Waals surface area contributed by atoms with E-state index in [0.29, 0.717) is 0 Å². The number of hydrogen-bond donors (Lipinski definition) is 2. The molecule has 1 atom stereocenters. The van der Waals surface area contributed by atoms with Crippen LogP contribution in [0.4, 0.5) is 0 Å². The Morgan fingerprint density at radius 1 is 1.33 bits per heavy atom. The smallest absolute Gasteiger partial charge is 0.0597 e. The van der Waals surface area contributed by atoms with Gasteiger partial charge in [-0.1, -0.05) is 26.2 Å². The zero-order valence-electron chi connectivity index (χ0n) is 10.2. The Morgan fingerprint density at radius 2 is 2.00 bits per heavy atom. The van der Waals surface area contributed by atoms with Crippen LogP contribution in [0.25, 0.3) is 0 Å². The van der Waals surface area contributed by atoms with Crippen molar-refractivity contribution in [3.8, 4) is 0 Å². The molecule has 90 valence electrons. The third-order valence-electron chi connectivity index (χ3n) is 3.58. The molecule has 0 heterocycles. The number of aliphatic hydroxyl groups excluding tert-OH is 1. The van der Waals surface area contributed by atoms with Gasteiger partial charge in [-0.25, -0.2) is 0 Å². The second kappa shape index (κ2) is 7.20. The van der Waals surface area contributed by atoms with Crippen molar-refractivity contribution in [3.63, 3.8) is 0 Å². The molecule has 1 rings (SSSR count). The molecule has 15 heavy (non-hydrogen) atoms. The average Bonchev–Trinajstić information content (AvgIpc) is 2.32. The average molecular weight is 214 g/mol. The molecule has 1 saturated carbocycles. The van der Waals surface area contributed by atoms with E-state index in [1.807, 2.05) is 7.05 Å². The first-order valence-electron chi connectivity index (χ1n) is 6.34. The van der Waals surface area contributed by atoms with Gasteiger partial charge >= 0.3 is 0 Å². The van der Waals surface area contributed by atoms with Crippen LogP contribution in [0.2, 0.25) is 0 Å². The van der Waals surface area contributed by atoms with E-state index in [0.717, 1.165) is 19.1 Å². The lowest BCUT2D eigenvalue weighted by Crippen LogP contribution is -2.46. The van der Waals surface area contributed by atoms with Crippen LogP contribution in [0.3, 0.4) is 0 Å². The second-order valence-electron chi connectivity index (χ2n) is 4.55. The molecule has 0 saturated heterocycles. The maximum absolute atomic E-state index is 9.18. The maximum atomic E-state index is 9.18. The van der Waals surface area contributed by atoms with E-state index >= 15 is 0 Å². The second-order valence-corrected chi connectivity index (χ2v) is 4.55. The molecular formula is C12H26N2O. The van der Waals surface area contributed by atoms with Crippen molar-refractivity contribution in [2.45, 2.75) is 51.1 Å². The van der Waals surface area contributed by atoms with Crippen LogP contribution in [-0.2, 0) is 0 Å². The van der Waals surface area contributed by atoms with E-state index in [-0.39, 0.29) is 12.6 Å². The molecule has 0 aliphatic heterocycles. The Balaban J connectivity index is 2.38. The van der Waals surface area contributed by atoms with Gasteiger partial charge in [-0.15, -0.1) is 0 Å². The topological polar surface area (TPSA) is 35.5 Å². The van der Waals surface area contributed by atoms with Crippen molar-refractivity contribution < 1.29 is 5.11 Å². The summed E-state index contributed by atoms with van der Waals surface area (Å²) in [6, 6.07) is 0.984. The summed E-state index contributed by atoms with van der Waals surface area (Å²) >= 11 is 0. The summed E-state index contributed by atoms with van der Waals surface area (Å²) < 4.78 is 0. The normalized spacial score (nSPS) is 20.8. The SMILES string of the molecule is CCN(CC(CO)NC)C1CCCCC1. The van der Waals surface area contributed by atoms with Gasteiger partial charge in [0.25, 0.3) is 0 Å². The summed E-state index contributed by atoms with van der Waals surface area (Å²) in [6.45, 7) is 4.54. The van der Waals surface area contributed by atoms with Crippen LogP contribution in [0, 0.1) is 0 Å². The summed E-state index contributed by atoms with van der Waals surface area (Å²) in [5.74, 6) is 0. The zero-order valence-corrected chi connectivity index (χ0v) is 10.2. The van der Waals surface area contributed by atoms with Gasteiger partial charge < -0.3 is 10.4 Å². The Bertz CT molecular complexity index is 154. The van der Waals surface area contributed by atoms with Crippen molar-refractivity contribution in [3.05, 3.63) is 0 Å². The molecule has 0 aromatic heterocycles. The summed E-state index contributed by atoms with van der Waals surface area (Å²) in [5.41, 5.74) is 0. The summed E-state index contributed by atoms with van der Waals surface area (Å²) in [4.78, 5) is 2.52. The monoisotopic (exact) mass is 214 g/mol. The van der Waals surface area contributed by atoms with Gasteiger partial charge in [-0.2, -0.15) is 0 Å². The molecule has 0 aromatic carbocycles. The predicted molar refractivity (Wildman–Crippen MR) is 64.1 cm³/mol. The molecule has 1 aliphatic carbocycles. The number of rotatable bonds is 6. The number of hydrogen-bond acceptors (Lipinski definition) is 3. The fourth-order valence-electron chi connectivity index (χ4n) is 2.51. The van der Waals surface area contributed by atoms with Crippen molar-refractivity contribution in [2.24, 2.45) is 0 Å². The molecule has 3 nitrogen and oxygen atoms in total. The lowest BCUT2D eigenvalue weighted by molar-refractivity contribution is 0.128. The van der Waals surface area contributed by atoms with Crippen molar-refractivity contribution in [1.29, 1.82) is 0 Å². The summed E-state index contributed by atoms with van der Waals surface area (Å²) in [5, 5.41) is 12.3. The van der Waals surface area contributed by atoms with Crippen LogP contribution in [0.5, 0.6) is 0 Å². The third-order valence-corrected chi connectivity index (χ3v) is 3.58. The number of nitrogens with one attached hydrogen (secondary N) is 1. The van der Waals surface area contributed by atoms with Crippen LogP contribution in [0.15, 0.2) is 0 Å². The number of nitrogens with zero attached hydrogens (tertiary/aromatic N) is 1. The highest BCUT2D eigenvalue weighted by molar-refractivity contribution is 4.78. The molecule has 0 amide bonds. The molecule has 0 spiro atoms. The number of likely N-dealkylation sites (N-methyl/N-ethyl adjacent to an activating group) is 2. The number of aliphatic hydroxyl groups is 1. The fraction of sp³-hybridized carbons (Fsp3) is 1.00. The van der Waals surface area contributed by atoms with Gasteiger partial charge in [0, 0.05) is 18.6 Å². The van der Waals surface area contributed by atoms with Gasteiger partial charge in [0.1, 0.15) is 0 Å². The molecule has 2 N–H and O–H groups in total. The molecule has 0 radical (unpaired) electrons. The lowest BCUT2D eigenvalue weighted by atomic mass is 9.94. The minimum Gasteiger partial charge on any atom is -0.395 e. The molecule has 1 unspecified atom stereocenters. The summed E-state index contributed by atoms with van der Waals surface area (Å²) in [6.07, 6.45) is 6.85. The van der Waals surface area contributed by atoms with E-state index in [4.69, 9.17) is 0 Å². The van der Waals surface area contributed by atoms with E-state index in [2.05, 4.69) is 17.1 Å².